The molecular weight excluding hydrogens is 322 g/mol. The van der Waals surface area contributed by atoms with E-state index in [1.165, 1.54) is 24.6 Å². The highest BCUT2D eigenvalue weighted by Gasteiger charge is 2.28. The van der Waals surface area contributed by atoms with Crippen molar-refractivity contribution in [1.29, 1.82) is 0 Å². The van der Waals surface area contributed by atoms with Crippen LogP contribution >= 0.6 is 34.9 Å². The lowest BCUT2D eigenvalue weighted by molar-refractivity contribution is -0.119. The Balaban J connectivity index is 1.76. The summed E-state index contributed by atoms with van der Waals surface area (Å²) in [6.45, 7) is 6.63. The van der Waals surface area contributed by atoms with E-state index in [2.05, 4.69) is 36.3 Å². The molecule has 1 aliphatic carbocycles. The Hall–Kier alpha value is -0.270. The van der Waals surface area contributed by atoms with Crippen molar-refractivity contribution in [3.8, 4) is 0 Å². The van der Waals surface area contributed by atoms with Gasteiger partial charge in [0.1, 0.15) is 0 Å². The van der Waals surface area contributed by atoms with Crippen LogP contribution in [0.25, 0.3) is 0 Å². The van der Waals surface area contributed by atoms with E-state index < -0.39 is 0 Å². The summed E-state index contributed by atoms with van der Waals surface area (Å²) in [6, 6.07) is 0.336. The van der Waals surface area contributed by atoms with Crippen LogP contribution in [0.2, 0.25) is 0 Å². The molecule has 1 heterocycles. The topological polar surface area (TPSA) is 54.9 Å². The number of nitrogens with one attached hydrogen (secondary N) is 1. The van der Waals surface area contributed by atoms with Gasteiger partial charge in [-0.2, -0.15) is 0 Å². The monoisotopic (exact) mass is 345 g/mol. The fourth-order valence-electron chi connectivity index (χ4n) is 2.60. The highest BCUT2D eigenvalue weighted by molar-refractivity contribution is 8.03. The number of aromatic nitrogens is 2. The third-order valence-corrected chi connectivity index (χ3v) is 7.11. The minimum Gasteiger partial charge on any atom is -0.352 e. The van der Waals surface area contributed by atoms with Crippen LogP contribution < -0.4 is 5.32 Å². The summed E-state index contributed by atoms with van der Waals surface area (Å²) >= 11 is 4.75. The average Bonchev–Trinajstić information content (AvgIpc) is 2.90. The van der Waals surface area contributed by atoms with Crippen LogP contribution in [0.4, 0.5) is 0 Å². The summed E-state index contributed by atoms with van der Waals surface area (Å²) in [5.74, 6) is 2.82. The van der Waals surface area contributed by atoms with Crippen molar-refractivity contribution in [1.82, 2.24) is 15.5 Å². The van der Waals surface area contributed by atoms with Crippen molar-refractivity contribution in [3.05, 3.63) is 0 Å². The highest BCUT2D eigenvalue weighted by Crippen LogP contribution is 2.30. The molecule has 1 aliphatic rings. The Morgan fingerprint density at radius 2 is 2.00 bits per heavy atom. The van der Waals surface area contributed by atoms with E-state index in [0.29, 0.717) is 23.6 Å². The van der Waals surface area contributed by atoms with E-state index in [1.54, 1.807) is 23.1 Å². The van der Waals surface area contributed by atoms with E-state index >= 15 is 0 Å². The molecule has 0 saturated heterocycles. The predicted octanol–water partition coefficient (Wildman–Crippen LogP) is 3.68. The van der Waals surface area contributed by atoms with Gasteiger partial charge in [0.25, 0.3) is 0 Å². The Bertz CT molecular complexity index is 466. The first-order valence-electron chi connectivity index (χ1n) is 7.48. The van der Waals surface area contributed by atoms with Crippen LogP contribution in [0.15, 0.2) is 8.68 Å². The lowest BCUT2D eigenvalue weighted by atomic mass is 9.78. The van der Waals surface area contributed by atoms with Crippen molar-refractivity contribution in [3.63, 3.8) is 0 Å². The first-order valence-corrected chi connectivity index (χ1v) is 10.3. The van der Waals surface area contributed by atoms with Crippen LogP contribution in [0.1, 0.15) is 40.0 Å². The molecule has 21 heavy (non-hydrogen) atoms. The molecule has 1 aromatic heterocycles. The van der Waals surface area contributed by atoms with Gasteiger partial charge in [-0.25, -0.2) is 0 Å². The molecule has 0 aromatic carbocycles. The maximum atomic E-state index is 12.1. The van der Waals surface area contributed by atoms with Crippen molar-refractivity contribution in [2.75, 3.05) is 11.5 Å². The molecule has 118 valence electrons. The van der Waals surface area contributed by atoms with Gasteiger partial charge in [0.05, 0.1) is 5.75 Å². The van der Waals surface area contributed by atoms with E-state index in [1.807, 2.05) is 0 Å². The summed E-state index contributed by atoms with van der Waals surface area (Å²) in [5, 5.41) is 11.4. The molecule has 0 unspecified atom stereocenters. The maximum absolute atomic E-state index is 12.1. The molecule has 2 rings (SSSR count). The summed E-state index contributed by atoms with van der Waals surface area (Å²) in [6.07, 6.45) is 3.61. The Morgan fingerprint density at radius 3 is 2.71 bits per heavy atom. The van der Waals surface area contributed by atoms with E-state index in [9.17, 15) is 4.79 Å². The van der Waals surface area contributed by atoms with Crippen molar-refractivity contribution >= 4 is 40.8 Å². The number of rotatable bonds is 6. The lowest BCUT2D eigenvalue weighted by Gasteiger charge is -2.34. The summed E-state index contributed by atoms with van der Waals surface area (Å²) < 4.78 is 1.86. The summed E-state index contributed by atoms with van der Waals surface area (Å²) in [5.41, 5.74) is 0. The molecule has 0 radical (unpaired) electrons. The molecule has 1 amide bonds. The van der Waals surface area contributed by atoms with Gasteiger partial charge < -0.3 is 5.32 Å². The van der Waals surface area contributed by atoms with Gasteiger partial charge in [-0.1, -0.05) is 68.5 Å². The molecule has 0 bridgehead atoms. The second-order valence-electron chi connectivity index (χ2n) is 5.50. The molecule has 3 atom stereocenters. The van der Waals surface area contributed by atoms with Crippen molar-refractivity contribution in [2.45, 2.75) is 54.8 Å². The number of amides is 1. The normalized spacial score (nSPS) is 25.8. The Morgan fingerprint density at radius 1 is 1.29 bits per heavy atom. The van der Waals surface area contributed by atoms with E-state index in [4.69, 9.17) is 0 Å². The summed E-state index contributed by atoms with van der Waals surface area (Å²) in [7, 11) is 0. The number of carbonyl (C=O) groups is 1. The quantitative estimate of drug-likeness (QED) is 0.797. The zero-order valence-electron chi connectivity index (χ0n) is 12.8. The largest absolute Gasteiger partial charge is 0.352 e. The lowest BCUT2D eigenvalue weighted by Crippen LogP contribution is -2.44. The number of thioether (sulfide) groups is 2. The fourth-order valence-corrected chi connectivity index (χ4v) is 5.33. The SMILES string of the molecule is CCSc1nnc(SCC(=O)N[C@@H]2CCC[C@@H](C)[C@H]2C)s1. The highest BCUT2D eigenvalue weighted by atomic mass is 32.2. The fraction of sp³-hybridized carbons (Fsp3) is 0.786. The second-order valence-corrected chi connectivity index (χ2v) is 9.21. The molecule has 7 heteroatoms. The van der Waals surface area contributed by atoms with Gasteiger partial charge in [-0.3, -0.25) is 4.79 Å². The van der Waals surface area contributed by atoms with Gasteiger partial charge in [0.15, 0.2) is 8.68 Å². The van der Waals surface area contributed by atoms with Gasteiger partial charge in [0, 0.05) is 6.04 Å². The predicted molar refractivity (Wildman–Crippen MR) is 91.1 cm³/mol. The minimum absolute atomic E-state index is 0.117. The summed E-state index contributed by atoms with van der Waals surface area (Å²) in [4.78, 5) is 12.1. The van der Waals surface area contributed by atoms with E-state index in [0.717, 1.165) is 20.9 Å². The number of hydrogen-bond donors (Lipinski definition) is 1. The van der Waals surface area contributed by atoms with Gasteiger partial charge >= 0.3 is 0 Å². The standard InChI is InChI=1S/C14H23N3OS3/c1-4-19-13-16-17-14(21-13)20-8-12(18)15-11-7-5-6-9(2)10(11)3/h9-11H,4-8H2,1-3H3,(H,15,18)/t9-,10-,11-/m1/s1. The van der Waals surface area contributed by atoms with Crippen LogP contribution in [-0.4, -0.2) is 33.7 Å². The molecule has 1 saturated carbocycles. The minimum atomic E-state index is 0.117. The molecule has 0 spiro atoms. The third-order valence-electron chi connectivity index (χ3n) is 4.04. The zero-order valence-corrected chi connectivity index (χ0v) is 15.2. The van der Waals surface area contributed by atoms with Crippen molar-refractivity contribution in [2.24, 2.45) is 11.8 Å². The Labute approximate surface area is 139 Å². The van der Waals surface area contributed by atoms with Crippen LogP contribution in [-0.2, 0) is 4.79 Å². The van der Waals surface area contributed by atoms with Gasteiger partial charge in [-0.05, 0) is 24.0 Å². The van der Waals surface area contributed by atoms with Crippen molar-refractivity contribution < 1.29 is 4.79 Å². The second kappa shape index (κ2) is 8.39. The number of carbonyl (C=O) groups excluding carboxylic acids is 1. The first-order chi connectivity index (χ1) is 10.1. The molecule has 1 N–H and O–H groups in total. The molecule has 1 fully saturated rings. The zero-order chi connectivity index (χ0) is 15.2. The number of hydrogen-bond acceptors (Lipinski definition) is 6. The molecule has 0 aliphatic heterocycles. The number of nitrogens with zero attached hydrogens (tertiary/aromatic N) is 2. The Kier molecular flexibility index (Phi) is 6.82. The van der Waals surface area contributed by atoms with Crippen LogP contribution in [0.3, 0.4) is 0 Å². The van der Waals surface area contributed by atoms with Gasteiger partial charge in [-0.15, -0.1) is 10.2 Å². The molecule has 1 aromatic rings. The van der Waals surface area contributed by atoms with Gasteiger partial charge in [0.2, 0.25) is 5.91 Å². The van der Waals surface area contributed by atoms with Crippen LogP contribution in [0, 0.1) is 11.8 Å². The van der Waals surface area contributed by atoms with Crippen LogP contribution in [0.5, 0.6) is 0 Å². The third kappa shape index (κ3) is 5.14. The van der Waals surface area contributed by atoms with E-state index in [-0.39, 0.29) is 5.91 Å². The maximum Gasteiger partial charge on any atom is 0.230 e. The first kappa shape index (κ1) is 17.1. The molecule has 4 nitrogen and oxygen atoms in total. The average molecular weight is 346 g/mol. The molecular formula is C14H23N3OS3. The smallest absolute Gasteiger partial charge is 0.230 e.